The second kappa shape index (κ2) is 4.62. The Morgan fingerprint density at radius 1 is 1.40 bits per heavy atom. The van der Waals surface area contributed by atoms with Crippen LogP contribution < -0.4 is 5.73 Å². The number of benzene rings is 1. The third kappa shape index (κ3) is 2.23. The molecule has 0 bridgehead atoms. The minimum atomic E-state index is -0.0939. The van der Waals surface area contributed by atoms with Gasteiger partial charge in [-0.25, -0.2) is 4.39 Å². The van der Waals surface area contributed by atoms with Crippen LogP contribution in [0.2, 0.25) is 0 Å². The Kier molecular flexibility index (Phi) is 3.42. The highest BCUT2D eigenvalue weighted by molar-refractivity contribution is 9.10. The lowest BCUT2D eigenvalue weighted by molar-refractivity contribution is 0.474. The highest BCUT2D eigenvalue weighted by Crippen LogP contribution is 2.40. The third-order valence-electron chi connectivity index (χ3n) is 3.32. The Labute approximate surface area is 98.0 Å². The maximum atomic E-state index is 13.7. The molecule has 15 heavy (non-hydrogen) atoms. The number of hydrogen-bond acceptors (Lipinski definition) is 1. The molecular formula is C12H15BrFN. The first-order valence-electron chi connectivity index (χ1n) is 5.37. The van der Waals surface area contributed by atoms with Crippen molar-refractivity contribution in [2.24, 2.45) is 11.7 Å². The van der Waals surface area contributed by atoms with Gasteiger partial charge in [-0.2, -0.15) is 0 Å². The third-order valence-corrected chi connectivity index (χ3v) is 3.81. The van der Waals surface area contributed by atoms with Crippen LogP contribution in [0.5, 0.6) is 0 Å². The zero-order valence-electron chi connectivity index (χ0n) is 8.55. The molecule has 1 aromatic carbocycles. The van der Waals surface area contributed by atoms with Gasteiger partial charge in [-0.15, -0.1) is 0 Å². The zero-order chi connectivity index (χ0) is 10.8. The van der Waals surface area contributed by atoms with Crippen molar-refractivity contribution in [2.45, 2.75) is 25.2 Å². The molecule has 1 aliphatic carbocycles. The molecule has 2 rings (SSSR count). The lowest BCUT2D eigenvalue weighted by atomic mass is 9.89. The summed E-state index contributed by atoms with van der Waals surface area (Å²) in [5.41, 5.74) is 6.55. The van der Waals surface area contributed by atoms with Crippen LogP contribution in [0, 0.1) is 11.7 Å². The van der Waals surface area contributed by atoms with E-state index in [-0.39, 0.29) is 5.82 Å². The molecule has 2 atom stereocenters. The predicted octanol–water partition coefficient (Wildman–Crippen LogP) is 3.43. The Balaban J connectivity index is 2.31. The van der Waals surface area contributed by atoms with Gasteiger partial charge in [0.25, 0.3) is 0 Å². The molecule has 1 nitrogen and oxygen atoms in total. The van der Waals surface area contributed by atoms with Crippen LogP contribution in [0.25, 0.3) is 0 Å². The normalized spacial score (nSPS) is 25.8. The van der Waals surface area contributed by atoms with E-state index < -0.39 is 0 Å². The van der Waals surface area contributed by atoms with Gasteiger partial charge in [-0.1, -0.05) is 22.4 Å². The molecule has 3 heteroatoms. The van der Waals surface area contributed by atoms with Crippen LogP contribution in [0.15, 0.2) is 22.7 Å². The van der Waals surface area contributed by atoms with E-state index in [1.165, 1.54) is 12.5 Å². The largest absolute Gasteiger partial charge is 0.330 e. The lowest BCUT2D eigenvalue weighted by Crippen LogP contribution is -2.18. The highest BCUT2D eigenvalue weighted by atomic mass is 79.9. The molecule has 0 heterocycles. The Morgan fingerprint density at radius 2 is 2.20 bits per heavy atom. The van der Waals surface area contributed by atoms with Crippen molar-refractivity contribution in [3.8, 4) is 0 Å². The predicted molar refractivity (Wildman–Crippen MR) is 63.2 cm³/mol. The molecule has 1 aliphatic rings. The molecule has 1 aromatic rings. The van der Waals surface area contributed by atoms with E-state index in [9.17, 15) is 4.39 Å². The van der Waals surface area contributed by atoms with Crippen molar-refractivity contribution >= 4 is 15.9 Å². The van der Waals surface area contributed by atoms with Crippen molar-refractivity contribution in [1.29, 1.82) is 0 Å². The van der Waals surface area contributed by atoms with E-state index in [1.54, 1.807) is 6.07 Å². The fourth-order valence-electron chi connectivity index (χ4n) is 2.53. The van der Waals surface area contributed by atoms with E-state index in [4.69, 9.17) is 5.73 Å². The summed E-state index contributed by atoms with van der Waals surface area (Å²) in [6.07, 6.45) is 3.36. The number of hydrogen-bond donors (Lipinski definition) is 1. The average Bonchev–Trinajstić information content (AvgIpc) is 2.69. The fraction of sp³-hybridized carbons (Fsp3) is 0.500. The summed E-state index contributed by atoms with van der Waals surface area (Å²) in [5, 5.41) is 0. The first-order chi connectivity index (χ1) is 7.22. The number of nitrogens with two attached hydrogens (primary N) is 1. The van der Waals surface area contributed by atoms with Gasteiger partial charge in [-0.3, -0.25) is 0 Å². The number of halogens is 2. The van der Waals surface area contributed by atoms with Crippen molar-refractivity contribution in [3.05, 3.63) is 34.1 Å². The molecule has 0 amide bonds. The molecule has 0 saturated heterocycles. The van der Waals surface area contributed by atoms with E-state index in [2.05, 4.69) is 15.9 Å². The molecular weight excluding hydrogens is 257 g/mol. The van der Waals surface area contributed by atoms with Gasteiger partial charge >= 0.3 is 0 Å². The molecule has 2 unspecified atom stereocenters. The molecule has 1 fully saturated rings. The van der Waals surface area contributed by atoms with Crippen LogP contribution in [0.3, 0.4) is 0 Å². The minimum absolute atomic E-state index is 0.0939. The quantitative estimate of drug-likeness (QED) is 0.877. The Morgan fingerprint density at radius 3 is 2.93 bits per heavy atom. The molecule has 0 aliphatic heterocycles. The first kappa shape index (κ1) is 11.1. The fourth-order valence-corrected chi connectivity index (χ4v) is 2.91. The molecule has 82 valence electrons. The van der Waals surface area contributed by atoms with E-state index in [0.717, 1.165) is 22.9 Å². The van der Waals surface area contributed by atoms with Crippen LogP contribution in [0.1, 0.15) is 30.7 Å². The summed E-state index contributed by atoms with van der Waals surface area (Å²) in [6.45, 7) is 0.663. The average molecular weight is 272 g/mol. The number of rotatable bonds is 2. The second-order valence-electron chi connectivity index (χ2n) is 4.20. The smallest absolute Gasteiger partial charge is 0.126 e. The summed E-state index contributed by atoms with van der Waals surface area (Å²) in [4.78, 5) is 0. The molecule has 2 N–H and O–H groups in total. The van der Waals surface area contributed by atoms with Crippen LogP contribution in [-0.2, 0) is 0 Å². The van der Waals surface area contributed by atoms with Crippen molar-refractivity contribution in [2.75, 3.05) is 6.54 Å². The molecule has 0 radical (unpaired) electrons. The van der Waals surface area contributed by atoms with Gasteiger partial charge in [0.2, 0.25) is 0 Å². The Hall–Kier alpha value is -0.410. The summed E-state index contributed by atoms with van der Waals surface area (Å²) >= 11 is 3.39. The maximum Gasteiger partial charge on any atom is 0.126 e. The van der Waals surface area contributed by atoms with Gasteiger partial charge in [-0.05, 0) is 55.0 Å². The van der Waals surface area contributed by atoms with E-state index in [1.807, 2.05) is 6.07 Å². The standard InChI is InChI=1S/C12H15BrFN/c13-9-4-5-12(14)11(6-9)10-3-1-2-8(10)7-15/h4-6,8,10H,1-3,7,15H2. The monoisotopic (exact) mass is 271 g/mol. The SMILES string of the molecule is NCC1CCCC1c1cc(Br)ccc1F. The van der Waals surface area contributed by atoms with Crippen molar-refractivity contribution in [3.63, 3.8) is 0 Å². The lowest BCUT2D eigenvalue weighted by Gasteiger charge is -2.19. The highest BCUT2D eigenvalue weighted by Gasteiger charge is 2.29. The van der Waals surface area contributed by atoms with Gasteiger partial charge in [0.05, 0.1) is 0 Å². The summed E-state index contributed by atoms with van der Waals surface area (Å²) in [6, 6.07) is 5.17. The minimum Gasteiger partial charge on any atom is -0.330 e. The summed E-state index contributed by atoms with van der Waals surface area (Å²) in [5.74, 6) is 0.671. The van der Waals surface area contributed by atoms with Crippen LogP contribution >= 0.6 is 15.9 Å². The topological polar surface area (TPSA) is 26.0 Å². The van der Waals surface area contributed by atoms with Crippen LogP contribution in [0.4, 0.5) is 4.39 Å². The Bertz CT molecular complexity index is 353. The van der Waals surface area contributed by atoms with E-state index >= 15 is 0 Å². The molecule has 0 spiro atoms. The van der Waals surface area contributed by atoms with Gasteiger partial charge < -0.3 is 5.73 Å². The maximum absolute atomic E-state index is 13.7. The first-order valence-corrected chi connectivity index (χ1v) is 6.16. The van der Waals surface area contributed by atoms with Crippen LogP contribution in [-0.4, -0.2) is 6.54 Å². The molecule has 1 saturated carbocycles. The van der Waals surface area contributed by atoms with Crippen molar-refractivity contribution < 1.29 is 4.39 Å². The van der Waals surface area contributed by atoms with Gasteiger partial charge in [0.1, 0.15) is 5.82 Å². The zero-order valence-corrected chi connectivity index (χ0v) is 10.1. The summed E-state index contributed by atoms with van der Waals surface area (Å²) in [7, 11) is 0. The van der Waals surface area contributed by atoms with Gasteiger partial charge in [0.15, 0.2) is 0 Å². The second-order valence-corrected chi connectivity index (χ2v) is 5.11. The van der Waals surface area contributed by atoms with Gasteiger partial charge in [0, 0.05) is 4.47 Å². The van der Waals surface area contributed by atoms with E-state index in [0.29, 0.717) is 18.4 Å². The molecule has 0 aromatic heterocycles. The van der Waals surface area contributed by atoms with Crippen molar-refractivity contribution in [1.82, 2.24) is 0 Å². The summed E-state index contributed by atoms with van der Waals surface area (Å²) < 4.78 is 14.6.